The molecule has 3 nitrogen and oxygen atoms in total. The Kier molecular flexibility index (Phi) is 4.63. The smallest absolute Gasteiger partial charge is 0.137 e. The fourth-order valence-corrected chi connectivity index (χ4v) is 2.43. The highest BCUT2D eigenvalue weighted by Crippen LogP contribution is 2.33. The number of rotatable bonds is 4. The highest BCUT2D eigenvalue weighted by Gasteiger charge is 2.22. The lowest BCUT2D eigenvalue weighted by atomic mass is 9.81. The van der Waals surface area contributed by atoms with E-state index in [1.54, 1.807) is 12.4 Å². The summed E-state index contributed by atoms with van der Waals surface area (Å²) >= 11 is 0. The van der Waals surface area contributed by atoms with Crippen LogP contribution >= 0.6 is 0 Å². The predicted molar refractivity (Wildman–Crippen MR) is 84.6 cm³/mol. The van der Waals surface area contributed by atoms with Crippen molar-refractivity contribution in [2.24, 2.45) is 0 Å². The molecule has 0 radical (unpaired) electrons. The van der Waals surface area contributed by atoms with Gasteiger partial charge in [0.05, 0.1) is 12.8 Å². The van der Waals surface area contributed by atoms with Crippen molar-refractivity contribution in [3.63, 3.8) is 0 Å². The monoisotopic (exact) mass is 285 g/mol. The summed E-state index contributed by atoms with van der Waals surface area (Å²) in [7, 11) is 0. The van der Waals surface area contributed by atoms with E-state index in [9.17, 15) is 5.11 Å². The molecule has 0 spiro atoms. The lowest BCUT2D eigenvalue weighted by molar-refractivity contribution is 0.216. The van der Waals surface area contributed by atoms with Gasteiger partial charge < -0.3 is 9.84 Å². The minimum Gasteiger partial charge on any atom is -0.492 e. The second kappa shape index (κ2) is 6.27. The number of hydrogen-bond donors (Lipinski definition) is 1. The Morgan fingerprint density at radius 2 is 1.90 bits per heavy atom. The van der Waals surface area contributed by atoms with Gasteiger partial charge in [-0.3, -0.25) is 4.98 Å². The molecule has 0 bridgehead atoms. The van der Waals surface area contributed by atoms with Crippen LogP contribution in [0, 0.1) is 0 Å². The van der Waals surface area contributed by atoms with Crippen molar-refractivity contribution in [1.29, 1.82) is 0 Å². The Labute approximate surface area is 126 Å². The van der Waals surface area contributed by atoms with Crippen molar-refractivity contribution in [2.75, 3.05) is 6.61 Å². The number of hydrogen-bond acceptors (Lipinski definition) is 3. The van der Waals surface area contributed by atoms with Gasteiger partial charge in [-0.25, -0.2) is 0 Å². The van der Waals surface area contributed by atoms with Gasteiger partial charge in [-0.05, 0) is 29.5 Å². The van der Waals surface area contributed by atoms with Gasteiger partial charge in [0.2, 0.25) is 0 Å². The summed E-state index contributed by atoms with van der Waals surface area (Å²) < 4.78 is 5.46. The van der Waals surface area contributed by atoms with Crippen molar-refractivity contribution >= 4 is 0 Å². The van der Waals surface area contributed by atoms with Gasteiger partial charge in [0.15, 0.2) is 0 Å². The average Bonchev–Trinajstić information content (AvgIpc) is 2.46. The molecule has 0 fully saturated rings. The number of aliphatic hydroxyl groups is 1. The first-order valence-corrected chi connectivity index (χ1v) is 7.28. The molecule has 2 aromatic rings. The maximum Gasteiger partial charge on any atom is 0.137 e. The van der Waals surface area contributed by atoms with Crippen LogP contribution in [0.25, 0.3) is 0 Å². The third-order valence-electron chi connectivity index (χ3n) is 3.42. The maximum atomic E-state index is 10.7. The molecule has 0 aliphatic carbocycles. The van der Waals surface area contributed by atoms with Gasteiger partial charge in [-0.1, -0.05) is 45.0 Å². The number of aromatic nitrogens is 1. The van der Waals surface area contributed by atoms with Crippen LogP contribution in [0.2, 0.25) is 0 Å². The van der Waals surface area contributed by atoms with Crippen LogP contribution in [0.5, 0.6) is 5.75 Å². The highest BCUT2D eigenvalue weighted by molar-refractivity contribution is 5.40. The number of pyridine rings is 1. The van der Waals surface area contributed by atoms with Crippen LogP contribution in [0.1, 0.15) is 50.5 Å². The van der Waals surface area contributed by atoms with Crippen LogP contribution in [0.3, 0.4) is 0 Å². The Hall–Kier alpha value is -1.87. The Balaban J connectivity index is 2.41. The molecule has 1 atom stereocenters. The highest BCUT2D eigenvalue weighted by atomic mass is 16.5. The number of benzene rings is 1. The number of ether oxygens (including phenoxy) is 1. The van der Waals surface area contributed by atoms with E-state index in [-0.39, 0.29) is 5.41 Å². The lowest BCUT2D eigenvalue weighted by Crippen LogP contribution is -2.16. The molecule has 0 amide bonds. The van der Waals surface area contributed by atoms with Crippen molar-refractivity contribution in [3.05, 3.63) is 59.4 Å². The molecule has 3 heteroatoms. The van der Waals surface area contributed by atoms with E-state index in [0.717, 1.165) is 16.7 Å². The van der Waals surface area contributed by atoms with Crippen LogP contribution in [0.15, 0.2) is 42.7 Å². The zero-order valence-corrected chi connectivity index (χ0v) is 13.1. The van der Waals surface area contributed by atoms with Crippen molar-refractivity contribution < 1.29 is 9.84 Å². The van der Waals surface area contributed by atoms with Crippen LogP contribution < -0.4 is 4.74 Å². The van der Waals surface area contributed by atoms with E-state index in [0.29, 0.717) is 12.4 Å². The number of aliphatic hydroxyl groups excluding tert-OH is 1. The standard InChI is InChI=1S/C18H23NO2/c1-5-21-14-10-13(11-19-12-14)17(20)15-8-6-7-9-16(15)18(2,3)4/h6-12,17,20H,5H2,1-4H3. The minimum atomic E-state index is -0.701. The normalized spacial score (nSPS) is 13.0. The van der Waals surface area contributed by atoms with Gasteiger partial charge in [0.1, 0.15) is 11.9 Å². The van der Waals surface area contributed by atoms with E-state index in [1.165, 1.54) is 0 Å². The zero-order chi connectivity index (χ0) is 15.5. The molecule has 1 aromatic heterocycles. The Morgan fingerprint density at radius 3 is 2.57 bits per heavy atom. The summed E-state index contributed by atoms with van der Waals surface area (Å²) in [6.45, 7) is 8.95. The Morgan fingerprint density at radius 1 is 1.19 bits per heavy atom. The molecule has 21 heavy (non-hydrogen) atoms. The topological polar surface area (TPSA) is 42.4 Å². The van der Waals surface area contributed by atoms with Gasteiger partial charge >= 0.3 is 0 Å². The molecular weight excluding hydrogens is 262 g/mol. The first kappa shape index (κ1) is 15.5. The zero-order valence-electron chi connectivity index (χ0n) is 13.1. The summed E-state index contributed by atoms with van der Waals surface area (Å²) in [5.41, 5.74) is 2.78. The molecule has 1 aromatic carbocycles. The third-order valence-corrected chi connectivity index (χ3v) is 3.42. The summed E-state index contributed by atoms with van der Waals surface area (Å²) in [5, 5.41) is 10.7. The molecule has 0 saturated heterocycles. The van der Waals surface area contributed by atoms with Gasteiger partial charge in [-0.15, -0.1) is 0 Å². The average molecular weight is 285 g/mol. The van der Waals surface area contributed by atoms with Crippen molar-refractivity contribution in [2.45, 2.75) is 39.2 Å². The molecule has 2 rings (SSSR count). The number of nitrogens with zero attached hydrogens (tertiary/aromatic N) is 1. The first-order valence-electron chi connectivity index (χ1n) is 7.28. The molecule has 1 heterocycles. The fourth-order valence-electron chi connectivity index (χ4n) is 2.43. The van der Waals surface area contributed by atoms with Crippen molar-refractivity contribution in [3.8, 4) is 5.75 Å². The second-order valence-electron chi connectivity index (χ2n) is 6.13. The molecule has 0 aliphatic rings. The summed E-state index contributed by atoms with van der Waals surface area (Å²) in [4.78, 5) is 4.16. The second-order valence-corrected chi connectivity index (χ2v) is 6.13. The predicted octanol–water partition coefficient (Wildman–Crippen LogP) is 3.86. The van der Waals surface area contributed by atoms with Gasteiger partial charge in [-0.2, -0.15) is 0 Å². The van der Waals surface area contributed by atoms with E-state index < -0.39 is 6.10 Å². The lowest BCUT2D eigenvalue weighted by Gasteiger charge is -2.25. The van der Waals surface area contributed by atoms with Crippen molar-refractivity contribution in [1.82, 2.24) is 4.98 Å². The van der Waals surface area contributed by atoms with E-state index in [2.05, 4.69) is 31.8 Å². The first-order chi connectivity index (χ1) is 9.93. The molecular formula is C18H23NO2. The quantitative estimate of drug-likeness (QED) is 0.927. The van der Waals surface area contributed by atoms with E-state index >= 15 is 0 Å². The van der Waals surface area contributed by atoms with Gasteiger partial charge in [0.25, 0.3) is 0 Å². The summed E-state index contributed by atoms with van der Waals surface area (Å²) in [5.74, 6) is 0.683. The summed E-state index contributed by atoms with van der Waals surface area (Å²) in [6, 6.07) is 9.84. The molecule has 1 unspecified atom stereocenters. The maximum absolute atomic E-state index is 10.7. The summed E-state index contributed by atoms with van der Waals surface area (Å²) in [6.07, 6.45) is 2.65. The molecule has 1 N–H and O–H groups in total. The van der Waals surface area contributed by atoms with Crippen LogP contribution in [0.4, 0.5) is 0 Å². The van der Waals surface area contributed by atoms with E-state index in [1.807, 2.05) is 31.2 Å². The molecule has 112 valence electrons. The van der Waals surface area contributed by atoms with E-state index in [4.69, 9.17) is 4.74 Å². The SMILES string of the molecule is CCOc1cncc(C(O)c2ccccc2C(C)(C)C)c1. The minimum absolute atomic E-state index is 0.0253. The fraction of sp³-hybridized carbons (Fsp3) is 0.389. The van der Waals surface area contributed by atoms with Crippen LogP contribution in [-0.2, 0) is 5.41 Å². The molecule has 0 saturated carbocycles. The third kappa shape index (κ3) is 3.61. The van der Waals surface area contributed by atoms with Crippen LogP contribution in [-0.4, -0.2) is 16.7 Å². The van der Waals surface area contributed by atoms with Gasteiger partial charge in [0, 0.05) is 11.8 Å². The largest absolute Gasteiger partial charge is 0.492 e. The Bertz CT molecular complexity index is 602. The molecule has 0 aliphatic heterocycles.